The molecule has 0 bridgehead atoms. The predicted molar refractivity (Wildman–Crippen MR) is 89.1 cm³/mol. The van der Waals surface area contributed by atoms with Gasteiger partial charge >= 0.3 is 0 Å². The van der Waals surface area contributed by atoms with Crippen LogP contribution in [0, 0.1) is 0 Å². The molecule has 2 aliphatic rings. The van der Waals surface area contributed by atoms with E-state index in [9.17, 15) is 5.11 Å². The highest BCUT2D eigenvalue weighted by atomic mass is 79.9. The number of nitrogens with one attached hydrogen (secondary N) is 1. The second kappa shape index (κ2) is 4.67. The number of anilines is 2. The molecule has 1 saturated heterocycles. The van der Waals surface area contributed by atoms with Crippen molar-refractivity contribution < 1.29 is 6.48 Å². The monoisotopic (exact) mass is 345 g/mol. The lowest BCUT2D eigenvalue weighted by atomic mass is 9.94. The lowest BCUT2D eigenvalue weighted by molar-refractivity contribution is 0.475. The van der Waals surface area contributed by atoms with E-state index in [-0.39, 0.29) is 17.8 Å². The van der Waals surface area contributed by atoms with E-state index in [0.29, 0.717) is 0 Å². The number of halogens is 1. The maximum absolute atomic E-state index is 9.65. The van der Waals surface area contributed by atoms with Crippen molar-refractivity contribution in [2.75, 3.05) is 23.3 Å². The van der Waals surface area contributed by atoms with Gasteiger partial charge < -0.3 is 15.3 Å². The van der Waals surface area contributed by atoms with Crippen molar-refractivity contribution in [3.8, 4) is 5.75 Å². The SMILES string of the molecule is [2H]C1N(c2ccc(Br)cc2)CCC12Cc1ccc(O)cc1N2. The molecule has 2 aromatic carbocycles. The van der Waals surface area contributed by atoms with Crippen LogP contribution >= 0.6 is 15.9 Å². The van der Waals surface area contributed by atoms with E-state index >= 15 is 0 Å². The van der Waals surface area contributed by atoms with E-state index < -0.39 is 0 Å². The Kier molecular flexibility index (Phi) is 2.65. The van der Waals surface area contributed by atoms with E-state index in [1.807, 2.05) is 18.2 Å². The molecule has 0 amide bonds. The van der Waals surface area contributed by atoms with Gasteiger partial charge in [-0.05, 0) is 48.7 Å². The molecule has 2 atom stereocenters. The van der Waals surface area contributed by atoms with Crippen molar-refractivity contribution in [3.63, 3.8) is 0 Å². The fourth-order valence-corrected chi connectivity index (χ4v) is 3.56. The molecule has 108 valence electrons. The molecule has 21 heavy (non-hydrogen) atoms. The predicted octanol–water partition coefficient (Wildman–Crippen LogP) is 3.77. The molecule has 0 aliphatic carbocycles. The number of hydrogen-bond donors (Lipinski definition) is 2. The standard InChI is InChI=1S/C17H17BrN2O/c18-13-2-4-14(5-3-13)20-8-7-17(11-20)10-12-1-6-15(21)9-16(12)19-17/h1-6,9,19,21H,7-8,10-11H2/i11D. The molecule has 4 heteroatoms. The smallest absolute Gasteiger partial charge is 0.117 e. The topological polar surface area (TPSA) is 35.5 Å². The van der Waals surface area contributed by atoms with Crippen molar-refractivity contribution in [2.24, 2.45) is 0 Å². The third-order valence-electron chi connectivity index (χ3n) is 4.34. The van der Waals surface area contributed by atoms with Crippen LogP contribution in [-0.4, -0.2) is 23.7 Å². The van der Waals surface area contributed by atoms with Crippen LogP contribution in [0.5, 0.6) is 5.75 Å². The molecule has 3 nitrogen and oxygen atoms in total. The van der Waals surface area contributed by atoms with Crippen molar-refractivity contribution in [3.05, 3.63) is 52.5 Å². The Morgan fingerprint density at radius 2 is 2.05 bits per heavy atom. The summed E-state index contributed by atoms with van der Waals surface area (Å²) in [5, 5.41) is 13.2. The van der Waals surface area contributed by atoms with Crippen LogP contribution in [0.2, 0.25) is 0 Å². The minimum atomic E-state index is -0.344. The van der Waals surface area contributed by atoms with Crippen molar-refractivity contribution in [2.45, 2.75) is 18.4 Å². The molecule has 0 aromatic heterocycles. The Morgan fingerprint density at radius 1 is 1.24 bits per heavy atom. The second-order valence-corrected chi connectivity index (χ2v) is 6.76. The molecule has 0 saturated carbocycles. The van der Waals surface area contributed by atoms with E-state index in [4.69, 9.17) is 1.37 Å². The van der Waals surface area contributed by atoms with Crippen molar-refractivity contribution in [1.82, 2.24) is 0 Å². The normalized spacial score (nSPS) is 27.6. The van der Waals surface area contributed by atoms with Crippen LogP contribution in [0.15, 0.2) is 46.9 Å². The summed E-state index contributed by atoms with van der Waals surface area (Å²) in [6.45, 7) is 0.520. The Balaban J connectivity index is 1.62. The lowest BCUT2D eigenvalue weighted by Crippen LogP contribution is -2.39. The molecule has 2 aliphatic heterocycles. The highest BCUT2D eigenvalue weighted by Crippen LogP contribution is 2.40. The molecule has 1 spiro atoms. The second-order valence-electron chi connectivity index (χ2n) is 5.85. The zero-order chi connectivity index (χ0) is 15.3. The Morgan fingerprint density at radius 3 is 2.86 bits per heavy atom. The Labute approximate surface area is 134 Å². The summed E-state index contributed by atoms with van der Waals surface area (Å²) in [5.41, 5.74) is 2.98. The van der Waals surface area contributed by atoms with Gasteiger partial charge in [0.15, 0.2) is 0 Å². The van der Waals surface area contributed by atoms with Gasteiger partial charge in [-0.2, -0.15) is 0 Å². The van der Waals surface area contributed by atoms with Crippen LogP contribution in [-0.2, 0) is 6.42 Å². The summed E-state index contributed by atoms with van der Waals surface area (Å²) in [6, 6.07) is 13.6. The summed E-state index contributed by atoms with van der Waals surface area (Å²) in [6.07, 6.45) is 1.76. The van der Waals surface area contributed by atoms with Gasteiger partial charge in [0, 0.05) is 35.0 Å². The Hall–Kier alpha value is -1.68. The summed E-state index contributed by atoms with van der Waals surface area (Å²) in [4.78, 5) is 2.14. The maximum Gasteiger partial charge on any atom is 0.117 e. The minimum absolute atomic E-state index is 0.261. The molecule has 4 rings (SSSR count). The average Bonchev–Trinajstić information content (AvgIpc) is 3.01. The van der Waals surface area contributed by atoms with Gasteiger partial charge in [0.25, 0.3) is 0 Å². The summed E-state index contributed by atoms with van der Waals surface area (Å²) < 4.78 is 9.79. The first-order valence-corrected chi connectivity index (χ1v) is 7.91. The highest BCUT2D eigenvalue weighted by Gasteiger charge is 2.42. The van der Waals surface area contributed by atoms with Gasteiger partial charge in [-0.1, -0.05) is 22.0 Å². The average molecular weight is 346 g/mol. The molecule has 0 radical (unpaired) electrons. The fourth-order valence-electron chi connectivity index (χ4n) is 3.30. The number of benzene rings is 2. The number of phenolic OH excluding ortho intramolecular Hbond substituents is 1. The number of phenols is 1. The molecular formula is C17H17BrN2O. The van der Waals surface area contributed by atoms with Crippen LogP contribution < -0.4 is 10.2 Å². The van der Waals surface area contributed by atoms with Gasteiger partial charge in [-0.25, -0.2) is 0 Å². The van der Waals surface area contributed by atoms with Crippen LogP contribution in [0.25, 0.3) is 0 Å². The highest BCUT2D eigenvalue weighted by molar-refractivity contribution is 9.10. The summed E-state index contributed by atoms with van der Waals surface area (Å²) >= 11 is 3.45. The molecule has 2 heterocycles. The molecule has 2 N–H and O–H groups in total. The number of nitrogens with zero attached hydrogens (tertiary/aromatic N) is 1. The van der Waals surface area contributed by atoms with Crippen molar-refractivity contribution >= 4 is 27.3 Å². The number of hydrogen-bond acceptors (Lipinski definition) is 3. The van der Waals surface area contributed by atoms with Gasteiger partial charge in [0.1, 0.15) is 5.75 Å². The van der Waals surface area contributed by atoms with Crippen LogP contribution in [0.4, 0.5) is 11.4 Å². The first kappa shape index (κ1) is 11.9. The third kappa shape index (κ3) is 2.27. The van der Waals surface area contributed by atoms with E-state index in [2.05, 4.69) is 38.3 Å². The maximum atomic E-state index is 9.65. The molecule has 2 unspecified atom stereocenters. The molecule has 2 aromatic rings. The lowest BCUT2D eigenvalue weighted by Gasteiger charge is -2.26. The number of aromatic hydroxyl groups is 1. The minimum Gasteiger partial charge on any atom is -0.508 e. The zero-order valence-corrected chi connectivity index (χ0v) is 13.1. The quantitative estimate of drug-likeness (QED) is 0.825. The van der Waals surface area contributed by atoms with E-state index in [1.54, 1.807) is 12.1 Å². The largest absolute Gasteiger partial charge is 0.508 e. The fraction of sp³-hybridized carbons (Fsp3) is 0.294. The first-order valence-electron chi connectivity index (χ1n) is 7.70. The molecular weight excluding hydrogens is 328 g/mol. The van der Waals surface area contributed by atoms with Gasteiger partial charge in [0.2, 0.25) is 0 Å². The number of fused-ring (bicyclic) bond motifs is 1. The van der Waals surface area contributed by atoms with E-state index in [0.717, 1.165) is 35.2 Å². The zero-order valence-electron chi connectivity index (χ0n) is 12.5. The Bertz CT molecular complexity index is 721. The van der Waals surface area contributed by atoms with E-state index in [1.165, 1.54) is 5.56 Å². The van der Waals surface area contributed by atoms with Crippen molar-refractivity contribution in [1.29, 1.82) is 0 Å². The van der Waals surface area contributed by atoms with Gasteiger partial charge in [0.05, 0.1) is 6.91 Å². The van der Waals surface area contributed by atoms with Gasteiger partial charge in [-0.3, -0.25) is 0 Å². The third-order valence-corrected chi connectivity index (χ3v) is 4.87. The van der Waals surface area contributed by atoms with Crippen LogP contribution in [0.1, 0.15) is 13.4 Å². The summed E-state index contributed by atoms with van der Waals surface area (Å²) in [5.74, 6) is 0.271. The summed E-state index contributed by atoms with van der Waals surface area (Å²) in [7, 11) is 0. The first-order chi connectivity index (χ1) is 10.6. The number of rotatable bonds is 1. The van der Waals surface area contributed by atoms with Gasteiger partial charge in [-0.15, -0.1) is 0 Å². The van der Waals surface area contributed by atoms with Crippen LogP contribution in [0.3, 0.4) is 0 Å². The molecule has 1 fully saturated rings.